The predicted octanol–water partition coefficient (Wildman–Crippen LogP) is 1.42. The third kappa shape index (κ3) is 2.32. The van der Waals surface area contributed by atoms with Gasteiger partial charge in [0.1, 0.15) is 0 Å². The second-order valence-corrected chi connectivity index (χ2v) is 4.59. The van der Waals surface area contributed by atoms with Crippen LogP contribution in [0.25, 0.3) is 0 Å². The molecule has 1 unspecified atom stereocenters. The topological polar surface area (TPSA) is 28.2 Å². The molecule has 1 aliphatic rings. The summed E-state index contributed by atoms with van der Waals surface area (Å²) in [6.45, 7) is 3.20. The van der Waals surface area contributed by atoms with E-state index in [-0.39, 0.29) is 0 Å². The van der Waals surface area contributed by atoms with E-state index in [1.807, 2.05) is 12.3 Å². The van der Waals surface area contributed by atoms with Crippen molar-refractivity contribution in [2.75, 3.05) is 26.7 Å². The molecule has 2 rings (SSSR count). The van der Waals surface area contributed by atoms with Gasteiger partial charge in [-0.3, -0.25) is 4.98 Å². The second kappa shape index (κ2) is 4.38. The molecule has 1 fully saturated rings. The van der Waals surface area contributed by atoms with Gasteiger partial charge in [0.25, 0.3) is 0 Å². The van der Waals surface area contributed by atoms with E-state index in [9.17, 15) is 0 Å². The Hall–Kier alpha value is -0.450. The zero-order valence-electron chi connectivity index (χ0n) is 8.20. The number of halogens is 1. The van der Waals surface area contributed by atoms with Crippen LogP contribution in [0.3, 0.4) is 0 Å². The van der Waals surface area contributed by atoms with Crippen LogP contribution in [0.5, 0.6) is 0 Å². The van der Waals surface area contributed by atoms with Crippen molar-refractivity contribution in [2.24, 2.45) is 0 Å². The van der Waals surface area contributed by atoms with Crippen LogP contribution in [0.2, 0.25) is 0 Å². The van der Waals surface area contributed by atoms with Gasteiger partial charge in [-0.15, -0.1) is 0 Å². The maximum absolute atomic E-state index is 4.40. The monoisotopic (exact) mass is 255 g/mol. The number of pyridine rings is 1. The molecule has 2 heterocycles. The van der Waals surface area contributed by atoms with Gasteiger partial charge in [0.05, 0.1) is 11.7 Å². The maximum atomic E-state index is 4.40. The minimum Gasteiger partial charge on any atom is -0.306 e. The van der Waals surface area contributed by atoms with Gasteiger partial charge in [-0.2, -0.15) is 0 Å². The van der Waals surface area contributed by atoms with E-state index in [0.717, 1.165) is 29.8 Å². The van der Waals surface area contributed by atoms with E-state index >= 15 is 0 Å². The van der Waals surface area contributed by atoms with Gasteiger partial charge in [-0.25, -0.2) is 0 Å². The van der Waals surface area contributed by atoms with Crippen molar-refractivity contribution < 1.29 is 0 Å². The van der Waals surface area contributed by atoms with Crippen LogP contribution in [-0.4, -0.2) is 36.6 Å². The molecule has 1 aromatic heterocycles. The molecule has 0 aliphatic carbocycles. The molecule has 0 radical (unpaired) electrons. The van der Waals surface area contributed by atoms with Crippen LogP contribution in [0.4, 0.5) is 0 Å². The lowest BCUT2D eigenvalue weighted by Gasteiger charge is -2.30. The van der Waals surface area contributed by atoms with Crippen molar-refractivity contribution >= 4 is 15.9 Å². The zero-order chi connectivity index (χ0) is 9.97. The molecule has 14 heavy (non-hydrogen) atoms. The Morgan fingerprint density at radius 2 is 2.43 bits per heavy atom. The smallest absolute Gasteiger partial charge is 0.0624 e. The Morgan fingerprint density at radius 3 is 3.07 bits per heavy atom. The molecule has 3 nitrogen and oxygen atoms in total. The van der Waals surface area contributed by atoms with Gasteiger partial charge in [0, 0.05) is 30.3 Å². The van der Waals surface area contributed by atoms with Gasteiger partial charge in [-0.05, 0) is 35.1 Å². The minimum absolute atomic E-state index is 0.377. The fourth-order valence-electron chi connectivity index (χ4n) is 1.69. The summed E-state index contributed by atoms with van der Waals surface area (Å²) >= 11 is 3.39. The molecule has 1 aliphatic heterocycles. The van der Waals surface area contributed by atoms with Crippen molar-refractivity contribution in [1.82, 2.24) is 15.2 Å². The summed E-state index contributed by atoms with van der Waals surface area (Å²) in [6.07, 6.45) is 1.85. The molecule has 0 amide bonds. The minimum atomic E-state index is 0.377. The average Bonchev–Trinajstić information content (AvgIpc) is 2.19. The Morgan fingerprint density at radius 1 is 1.57 bits per heavy atom. The van der Waals surface area contributed by atoms with E-state index in [2.05, 4.69) is 44.2 Å². The average molecular weight is 256 g/mol. The highest BCUT2D eigenvalue weighted by Crippen LogP contribution is 2.16. The molecule has 1 atom stereocenters. The Balaban J connectivity index is 2.10. The van der Waals surface area contributed by atoms with Crippen LogP contribution >= 0.6 is 15.9 Å². The Bertz CT molecular complexity index is 299. The molecule has 0 bridgehead atoms. The molecule has 0 saturated carbocycles. The van der Waals surface area contributed by atoms with E-state index in [0.29, 0.717) is 6.04 Å². The highest BCUT2D eigenvalue weighted by atomic mass is 79.9. The number of nitrogens with one attached hydrogen (secondary N) is 1. The molecule has 1 saturated heterocycles. The van der Waals surface area contributed by atoms with Crippen LogP contribution < -0.4 is 5.32 Å². The van der Waals surface area contributed by atoms with Crippen LogP contribution in [0.1, 0.15) is 11.7 Å². The molecule has 4 heteroatoms. The number of hydrogen-bond acceptors (Lipinski definition) is 3. The SMILES string of the molecule is CN1CCNC(c2ccc(Br)cn2)C1. The van der Waals surface area contributed by atoms with E-state index in [1.165, 1.54) is 0 Å². The lowest BCUT2D eigenvalue weighted by atomic mass is 10.1. The first-order chi connectivity index (χ1) is 6.75. The summed E-state index contributed by atoms with van der Waals surface area (Å²) in [5.41, 5.74) is 1.12. The van der Waals surface area contributed by atoms with E-state index in [4.69, 9.17) is 0 Å². The number of aromatic nitrogens is 1. The Kier molecular flexibility index (Phi) is 3.15. The van der Waals surface area contributed by atoms with Crippen molar-refractivity contribution in [3.05, 3.63) is 28.5 Å². The molecule has 0 aromatic carbocycles. The van der Waals surface area contributed by atoms with Crippen molar-refractivity contribution in [1.29, 1.82) is 0 Å². The zero-order valence-corrected chi connectivity index (χ0v) is 9.79. The van der Waals surface area contributed by atoms with Gasteiger partial charge in [-0.1, -0.05) is 0 Å². The van der Waals surface area contributed by atoms with E-state index < -0.39 is 0 Å². The third-order valence-electron chi connectivity index (χ3n) is 2.49. The fourth-order valence-corrected chi connectivity index (χ4v) is 1.92. The number of piperazine rings is 1. The number of rotatable bonds is 1. The largest absolute Gasteiger partial charge is 0.306 e. The summed E-state index contributed by atoms with van der Waals surface area (Å²) in [4.78, 5) is 6.72. The van der Waals surface area contributed by atoms with Gasteiger partial charge >= 0.3 is 0 Å². The van der Waals surface area contributed by atoms with Gasteiger partial charge in [0.2, 0.25) is 0 Å². The first-order valence-electron chi connectivity index (χ1n) is 4.79. The molecule has 1 aromatic rings. The number of nitrogens with zero attached hydrogens (tertiary/aromatic N) is 2. The lowest BCUT2D eigenvalue weighted by molar-refractivity contribution is 0.238. The van der Waals surface area contributed by atoms with Crippen molar-refractivity contribution in [2.45, 2.75) is 6.04 Å². The third-order valence-corrected chi connectivity index (χ3v) is 2.95. The highest BCUT2D eigenvalue weighted by molar-refractivity contribution is 9.10. The fraction of sp³-hybridized carbons (Fsp3) is 0.500. The lowest BCUT2D eigenvalue weighted by Crippen LogP contribution is -2.43. The summed E-state index contributed by atoms with van der Waals surface area (Å²) in [6, 6.07) is 4.49. The molecule has 76 valence electrons. The molecule has 0 spiro atoms. The van der Waals surface area contributed by atoms with Crippen LogP contribution in [0.15, 0.2) is 22.8 Å². The van der Waals surface area contributed by atoms with Crippen molar-refractivity contribution in [3.8, 4) is 0 Å². The Labute approximate surface area is 92.6 Å². The normalized spacial score (nSPS) is 23.7. The number of hydrogen-bond donors (Lipinski definition) is 1. The molecule has 1 N–H and O–H groups in total. The molecular weight excluding hydrogens is 242 g/mol. The van der Waals surface area contributed by atoms with Crippen molar-refractivity contribution in [3.63, 3.8) is 0 Å². The van der Waals surface area contributed by atoms with Gasteiger partial charge < -0.3 is 10.2 Å². The molecular formula is C10H14BrN3. The standard InChI is InChI=1S/C10H14BrN3/c1-14-5-4-12-10(7-14)9-3-2-8(11)6-13-9/h2-3,6,10,12H,4-5,7H2,1H3. The quantitative estimate of drug-likeness (QED) is 0.823. The number of likely N-dealkylation sites (N-methyl/N-ethyl adjacent to an activating group) is 1. The first-order valence-corrected chi connectivity index (χ1v) is 5.58. The second-order valence-electron chi connectivity index (χ2n) is 3.67. The highest BCUT2D eigenvalue weighted by Gasteiger charge is 2.18. The summed E-state index contributed by atoms with van der Waals surface area (Å²) in [7, 11) is 2.15. The van der Waals surface area contributed by atoms with E-state index in [1.54, 1.807) is 0 Å². The summed E-state index contributed by atoms with van der Waals surface area (Å²) in [5, 5.41) is 3.47. The summed E-state index contributed by atoms with van der Waals surface area (Å²) < 4.78 is 1.03. The predicted molar refractivity (Wildman–Crippen MR) is 60.2 cm³/mol. The van der Waals surface area contributed by atoms with Gasteiger partial charge in [0.15, 0.2) is 0 Å². The van der Waals surface area contributed by atoms with Crippen LogP contribution in [0, 0.1) is 0 Å². The maximum Gasteiger partial charge on any atom is 0.0624 e. The summed E-state index contributed by atoms with van der Waals surface area (Å²) in [5.74, 6) is 0. The first kappa shape index (κ1) is 10.1. The van der Waals surface area contributed by atoms with Crippen LogP contribution in [-0.2, 0) is 0 Å².